The van der Waals surface area contributed by atoms with E-state index in [0.29, 0.717) is 0 Å². The first-order valence-electron chi connectivity index (χ1n) is 5.87. The Balaban J connectivity index is 0.000000181. The minimum absolute atomic E-state index is 0.968. The summed E-state index contributed by atoms with van der Waals surface area (Å²) in [6.45, 7) is 4.14. The number of unbranched alkanes of at least 4 members (excludes halogenated alkanes) is 1. The lowest BCUT2D eigenvalue weighted by atomic mass is 10.1. The van der Waals surface area contributed by atoms with Gasteiger partial charge in [-0.2, -0.15) is 0 Å². The van der Waals surface area contributed by atoms with Gasteiger partial charge in [-0.1, -0.05) is 43.7 Å². The standard InChI is InChI=1S/C10H14.C5H6O/c1-2-3-7-10-8-5-4-6-9-10;1-5-3-2-4-6-5/h4-6,8-9H,2-3,7H2,1H3;2-4H,1H3. The van der Waals surface area contributed by atoms with E-state index in [2.05, 4.69) is 37.3 Å². The molecule has 0 spiro atoms. The molecule has 16 heavy (non-hydrogen) atoms. The molecule has 0 bridgehead atoms. The second-order valence-electron chi connectivity index (χ2n) is 3.81. The second kappa shape index (κ2) is 7.75. The third kappa shape index (κ3) is 5.40. The van der Waals surface area contributed by atoms with Crippen LogP contribution in [0.3, 0.4) is 0 Å². The smallest absolute Gasteiger partial charge is 0.100 e. The minimum Gasteiger partial charge on any atom is -0.470 e. The summed E-state index contributed by atoms with van der Waals surface area (Å²) in [5, 5.41) is 0. The maximum atomic E-state index is 4.83. The van der Waals surface area contributed by atoms with Gasteiger partial charge < -0.3 is 4.42 Å². The number of hydrogen-bond donors (Lipinski definition) is 0. The number of aryl methyl sites for hydroxylation is 2. The van der Waals surface area contributed by atoms with Crippen LogP contribution < -0.4 is 0 Å². The Morgan fingerprint density at radius 1 is 1.00 bits per heavy atom. The highest BCUT2D eigenvalue weighted by atomic mass is 16.3. The van der Waals surface area contributed by atoms with Crippen LogP contribution in [-0.2, 0) is 6.42 Å². The van der Waals surface area contributed by atoms with Crippen LogP contribution in [0.4, 0.5) is 0 Å². The lowest BCUT2D eigenvalue weighted by Gasteiger charge is -1.96. The first-order chi connectivity index (χ1) is 7.83. The van der Waals surface area contributed by atoms with Crippen molar-refractivity contribution in [2.45, 2.75) is 33.1 Å². The SMILES string of the molecule is CCCCc1ccccc1.Cc1ccco1. The van der Waals surface area contributed by atoms with Crippen molar-refractivity contribution in [2.24, 2.45) is 0 Å². The molecule has 1 heteroatoms. The van der Waals surface area contributed by atoms with Gasteiger partial charge in [-0.25, -0.2) is 0 Å². The number of hydrogen-bond acceptors (Lipinski definition) is 1. The van der Waals surface area contributed by atoms with Crippen molar-refractivity contribution in [3.8, 4) is 0 Å². The van der Waals surface area contributed by atoms with E-state index in [1.165, 1.54) is 24.8 Å². The molecule has 0 aliphatic rings. The maximum absolute atomic E-state index is 4.83. The van der Waals surface area contributed by atoms with Crippen LogP contribution in [0.2, 0.25) is 0 Å². The zero-order valence-electron chi connectivity index (χ0n) is 10.1. The molecule has 0 fully saturated rings. The molecule has 1 nitrogen and oxygen atoms in total. The van der Waals surface area contributed by atoms with E-state index in [1.54, 1.807) is 6.26 Å². The highest BCUT2D eigenvalue weighted by Gasteiger charge is 1.87. The molecular formula is C15H20O. The van der Waals surface area contributed by atoms with Gasteiger partial charge in [0.2, 0.25) is 0 Å². The van der Waals surface area contributed by atoms with Crippen LogP contribution in [-0.4, -0.2) is 0 Å². The third-order valence-electron chi connectivity index (χ3n) is 2.33. The molecule has 86 valence electrons. The van der Waals surface area contributed by atoms with Gasteiger partial charge in [0.1, 0.15) is 5.76 Å². The monoisotopic (exact) mass is 216 g/mol. The van der Waals surface area contributed by atoms with Crippen molar-refractivity contribution in [3.05, 3.63) is 60.1 Å². The van der Waals surface area contributed by atoms with Gasteiger partial charge in [-0.3, -0.25) is 0 Å². The van der Waals surface area contributed by atoms with E-state index >= 15 is 0 Å². The Morgan fingerprint density at radius 3 is 2.19 bits per heavy atom. The Hall–Kier alpha value is -1.50. The topological polar surface area (TPSA) is 13.1 Å². The fourth-order valence-corrected chi connectivity index (χ4v) is 1.39. The number of benzene rings is 1. The second-order valence-corrected chi connectivity index (χ2v) is 3.81. The Morgan fingerprint density at radius 2 is 1.75 bits per heavy atom. The highest BCUT2D eigenvalue weighted by molar-refractivity contribution is 5.14. The summed E-state index contributed by atoms with van der Waals surface area (Å²) in [7, 11) is 0. The molecule has 0 N–H and O–H groups in total. The molecule has 0 amide bonds. The molecule has 0 aliphatic carbocycles. The molecule has 1 aromatic carbocycles. The van der Waals surface area contributed by atoms with Gasteiger partial charge in [-0.15, -0.1) is 0 Å². The lowest BCUT2D eigenvalue weighted by molar-refractivity contribution is 0.534. The fourth-order valence-electron chi connectivity index (χ4n) is 1.39. The van der Waals surface area contributed by atoms with E-state index in [-0.39, 0.29) is 0 Å². The van der Waals surface area contributed by atoms with Crippen LogP contribution in [0.15, 0.2) is 53.1 Å². The summed E-state index contributed by atoms with van der Waals surface area (Å²) in [5.74, 6) is 0.968. The predicted molar refractivity (Wildman–Crippen MR) is 68.5 cm³/mol. The molecule has 0 saturated heterocycles. The molecule has 0 radical (unpaired) electrons. The average molecular weight is 216 g/mol. The molecule has 0 aliphatic heterocycles. The molecule has 2 rings (SSSR count). The summed E-state index contributed by atoms with van der Waals surface area (Å²) in [5.41, 5.74) is 1.46. The van der Waals surface area contributed by atoms with Gasteiger partial charge in [0.15, 0.2) is 0 Å². The summed E-state index contributed by atoms with van der Waals surface area (Å²) in [4.78, 5) is 0. The molecule has 0 atom stereocenters. The van der Waals surface area contributed by atoms with E-state index in [0.717, 1.165) is 5.76 Å². The summed E-state index contributed by atoms with van der Waals surface area (Å²) in [6, 6.07) is 14.4. The molecule has 0 unspecified atom stereocenters. The van der Waals surface area contributed by atoms with Gasteiger partial charge in [0.05, 0.1) is 6.26 Å². The Kier molecular flexibility index (Phi) is 6.09. The van der Waals surface area contributed by atoms with Crippen molar-refractivity contribution in [2.75, 3.05) is 0 Å². The van der Waals surface area contributed by atoms with Crippen LogP contribution in [0, 0.1) is 6.92 Å². The molecule has 2 aromatic rings. The van der Waals surface area contributed by atoms with Gasteiger partial charge in [0.25, 0.3) is 0 Å². The van der Waals surface area contributed by atoms with Crippen LogP contribution in [0.25, 0.3) is 0 Å². The highest BCUT2D eigenvalue weighted by Crippen LogP contribution is 2.03. The van der Waals surface area contributed by atoms with Crippen molar-refractivity contribution in [1.29, 1.82) is 0 Å². The third-order valence-corrected chi connectivity index (χ3v) is 2.33. The lowest BCUT2D eigenvalue weighted by Crippen LogP contribution is -1.81. The average Bonchev–Trinajstić information content (AvgIpc) is 2.80. The van der Waals surface area contributed by atoms with Gasteiger partial charge >= 0.3 is 0 Å². The van der Waals surface area contributed by atoms with Crippen molar-refractivity contribution >= 4 is 0 Å². The molecule has 1 aromatic heterocycles. The van der Waals surface area contributed by atoms with E-state index in [1.807, 2.05) is 19.1 Å². The summed E-state index contributed by atoms with van der Waals surface area (Å²) < 4.78 is 4.83. The normalized spacial score (nSPS) is 9.38. The minimum atomic E-state index is 0.968. The maximum Gasteiger partial charge on any atom is 0.100 e. The largest absolute Gasteiger partial charge is 0.470 e. The van der Waals surface area contributed by atoms with Crippen molar-refractivity contribution in [3.63, 3.8) is 0 Å². The first kappa shape index (κ1) is 12.6. The summed E-state index contributed by atoms with van der Waals surface area (Å²) >= 11 is 0. The van der Waals surface area contributed by atoms with Gasteiger partial charge in [0, 0.05) is 0 Å². The molecule has 1 heterocycles. The van der Waals surface area contributed by atoms with Crippen molar-refractivity contribution < 1.29 is 4.42 Å². The molecule has 0 saturated carbocycles. The zero-order chi connectivity index (χ0) is 11.6. The fraction of sp³-hybridized carbons (Fsp3) is 0.333. The van der Waals surface area contributed by atoms with E-state index in [4.69, 9.17) is 4.42 Å². The molecular weight excluding hydrogens is 196 g/mol. The summed E-state index contributed by atoms with van der Waals surface area (Å²) in [6.07, 6.45) is 5.49. The Labute approximate surface area is 98.1 Å². The number of rotatable bonds is 3. The van der Waals surface area contributed by atoms with E-state index in [9.17, 15) is 0 Å². The first-order valence-corrected chi connectivity index (χ1v) is 5.87. The quantitative estimate of drug-likeness (QED) is 0.729. The zero-order valence-corrected chi connectivity index (χ0v) is 10.1. The number of furan rings is 1. The predicted octanol–water partition coefficient (Wildman–Crippen LogP) is 4.62. The van der Waals surface area contributed by atoms with E-state index < -0.39 is 0 Å². The van der Waals surface area contributed by atoms with Crippen LogP contribution in [0.5, 0.6) is 0 Å². The van der Waals surface area contributed by atoms with Crippen LogP contribution >= 0.6 is 0 Å². The van der Waals surface area contributed by atoms with Gasteiger partial charge in [-0.05, 0) is 37.5 Å². The Bertz CT molecular complexity index is 348. The van der Waals surface area contributed by atoms with Crippen molar-refractivity contribution in [1.82, 2.24) is 0 Å². The van der Waals surface area contributed by atoms with Crippen LogP contribution in [0.1, 0.15) is 31.1 Å².